The minimum Gasteiger partial charge on any atom is -0.477 e. The van der Waals surface area contributed by atoms with E-state index < -0.39 is 18.1 Å². The highest BCUT2D eigenvalue weighted by atomic mass is 19.4. The number of nitrogens with zero attached hydrogens (tertiary/aromatic N) is 3. The molecule has 1 aliphatic rings. The van der Waals surface area contributed by atoms with Crippen LogP contribution in [0.1, 0.15) is 54.4 Å². The van der Waals surface area contributed by atoms with Crippen molar-refractivity contribution in [2.24, 2.45) is 5.73 Å². The fraction of sp³-hybridized carbons (Fsp3) is 0.385. The van der Waals surface area contributed by atoms with E-state index in [1.807, 2.05) is 12.3 Å². The Balaban J connectivity index is 0.000000479. The minimum absolute atomic E-state index is 0.0975. The molecule has 0 amide bonds. The maximum atomic E-state index is 11.9. The predicted molar refractivity (Wildman–Crippen MR) is 131 cm³/mol. The molecule has 0 atom stereocenters. The Hall–Kier alpha value is -3.73. The Labute approximate surface area is 211 Å². The summed E-state index contributed by atoms with van der Waals surface area (Å²) in [4.78, 5) is 25.5. The summed E-state index contributed by atoms with van der Waals surface area (Å²) in [5, 5.41) is 21.6. The van der Waals surface area contributed by atoms with Crippen molar-refractivity contribution in [1.29, 1.82) is 0 Å². The number of aliphatic carboxylic acids is 1. The van der Waals surface area contributed by atoms with E-state index >= 15 is 0 Å². The molecule has 8 nitrogen and oxygen atoms in total. The van der Waals surface area contributed by atoms with Crippen molar-refractivity contribution in [3.05, 3.63) is 58.9 Å². The highest BCUT2D eigenvalue weighted by Gasteiger charge is 2.38. The molecular formula is C26H29F3N4O4. The van der Waals surface area contributed by atoms with Gasteiger partial charge in [0, 0.05) is 29.4 Å². The third-order valence-corrected chi connectivity index (χ3v) is 6.00. The van der Waals surface area contributed by atoms with E-state index in [1.165, 1.54) is 5.56 Å². The summed E-state index contributed by atoms with van der Waals surface area (Å²) >= 11 is 0. The molecule has 2 aromatic heterocycles. The summed E-state index contributed by atoms with van der Waals surface area (Å²) < 4.78 is 33.3. The lowest BCUT2D eigenvalue weighted by Crippen LogP contribution is -2.21. The van der Waals surface area contributed by atoms with Gasteiger partial charge >= 0.3 is 18.1 Å². The third-order valence-electron chi connectivity index (χ3n) is 6.00. The van der Waals surface area contributed by atoms with Crippen LogP contribution in [0, 0.1) is 0 Å². The van der Waals surface area contributed by atoms with Crippen molar-refractivity contribution in [3.8, 4) is 22.5 Å². The van der Waals surface area contributed by atoms with E-state index in [9.17, 15) is 23.1 Å². The third kappa shape index (κ3) is 6.34. The second kappa shape index (κ2) is 10.7. The highest BCUT2D eigenvalue weighted by molar-refractivity contribution is 5.91. The lowest BCUT2D eigenvalue weighted by Gasteiger charge is -2.19. The molecule has 3 aromatic rings. The Bertz CT molecular complexity index is 1290. The molecular weight excluding hydrogens is 489 g/mol. The van der Waals surface area contributed by atoms with E-state index in [-0.39, 0.29) is 11.1 Å². The summed E-state index contributed by atoms with van der Waals surface area (Å²) in [6.45, 7) is 7.59. The van der Waals surface area contributed by atoms with Crippen molar-refractivity contribution in [3.63, 3.8) is 0 Å². The van der Waals surface area contributed by atoms with Crippen LogP contribution in [0.5, 0.6) is 0 Å². The molecule has 0 unspecified atom stereocenters. The van der Waals surface area contributed by atoms with Gasteiger partial charge in [-0.2, -0.15) is 18.3 Å². The van der Waals surface area contributed by atoms with Gasteiger partial charge in [0.25, 0.3) is 0 Å². The zero-order chi connectivity index (χ0) is 27.5. The molecule has 0 fully saturated rings. The molecule has 2 heterocycles. The number of fused-ring (bicyclic) bond motifs is 3. The van der Waals surface area contributed by atoms with E-state index in [0.717, 1.165) is 40.1 Å². The first kappa shape index (κ1) is 27.9. The number of hydrogen-bond donors (Lipinski definition) is 3. The van der Waals surface area contributed by atoms with Crippen LogP contribution in [0.3, 0.4) is 0 Å². The average Bonchev–Trinajstić information content (AvgIpc) is 3.21. The van der Waals surface area contributed by atoms with Gasteiger partial charge in [0.1, 0.15) is 5.69 Å². The van der Waals surface area contributed by atoms with Crippen LogP contribution < -0.4 is 5.73 Å². The molecule has 198 valence electrons. The molecule has 0 saturated heterocycles. The SMILES string of the molecule is CC(C)(C)c1ccc(-c2cc3c(cn2)CCc2c-3nn(CCCN)c2C(=O)O)cc1.O=C(O)C(F)(F)F. The topological polar surface area (TPSA) is 131 Å². The van der Waals surface area contributed by atoms with Crippen LogP contribution in [-0.4, -0.2) is 49.6 Å². The monoisotopic (exact) mass is 518 g/mol. The summed E-state index contributed by atoms with van der Waals surface area (Å²) in [5.74, 6) is -3.69. The van der Waals surface area contributed by atoms with Crippen molar-refractivity contribution in [1.82, 2.24) is 14.8 Å². The van der Waals surface area contributed by atoms with E-state index in [2.05, 4.69) is 55.1 Å². The standard InChI is InChI=1S/C24H28N4O2.C2HF3O2/c1-24(2,3)17-8-5-15(6-9-17)20-13-19-16(14-26-20)7-10-18-21(19)27-28(12-4-11-25)22(18)23(29)30;3-2(4,5)1(6)7/h5-6,8-9,13-14H,4,7,10-12,25H2,1-3H3,(H,29,30);(H,6,7). The van der Waals surface area contributed by atoms with Gasteiger partial charge in [-0.25, -0.2) is 9.59 Å². The number of carboxylic acids is 2. The summed E-state index contributed by atoms with van der Waals surface area (Å²) in [6, 6.07) is 10.5. The van der Waals surface area contributed by atoms with Gasteiger partial charge in [-0.15, -0.1) is 0 Å². The molecule has 0 radical (unpaired) electrons. The number of rotatable bonds is 5. The molecule has 0 aliphatic heterocycles. The van der Waals surface area contributed by atoms with Crippen molar-refractivity contribution in [2.75, 3.05) is 6.54 Å². The van der Waals surface area contributed by atoms with Crippen molar-refractivity contribution >= 4 is 11.9 Å². The van der Waals surface area contributed by atoms with E-state index in [0.29, 0.717) is 25.9 Å². The van der Waals surface area contributed by atoms with Gasteiger partial charge in [0.15, 0.2) is 0 Å². The smallest absolute Gasteiger partial charge is 0.477 e. The molecule has 0 spiro atoms. The molecule has 1 aliphatic carbocycles. The molecule has 0 saturated carbocycles. The number of pyridine rings is 1. The quantitative estimate of drug-likeness (QED) is 0.447. The minimum atomic E-state index is -5.08. The second-order valence-corrected chi connectivity index (χ2v) is 9.70. The van der Waals surface area contributed by atoms with Gasteiger partial charge in [-0.05, 0) is 48.4 Å². The lowest BCUT2D eigenvalue weighted by atomic mass is 9.86. The largest absolute Gasteiger partial charge is 0.490 e. The Kier molecular flexibility index (Phi) is 8.06. The fourth-order valence-corrected chi connectivity index (χ4v) is 4.06. The number of hydrogen-bond acceptors (Lipinski definition) is 5. The van der Waals surface area contributed by atoms with Gasteiger partial charge in [-0.3, -0.25) is 9.67 Å². The van der Waals surface area contributed by atoms with E-state index in [1.54, 1.807) is 4.68 Å². The fourth-order valence-electron chi connectivity index (χ4n) is 4.06. The summed E-state index contributed by atoms with van der Waals surface area (Å²) in [6.07, 6.45) is -1.06. The number of aromatic nitrogens is 3. The zero-order valence-electron chi connectivity index (χ0n) is 20.8. The number of benzene rings is 1. The maximum absolute atomic E-state index is 11.9. The Morgan fingerprint density at radius 1 is 1.08 bits per heavy atom. The molecule has 11 heteroatoms. The highest BCUT2D eigenvalue weighted by Crippen LogP contribution is 2.36. The normalized spacial score (nSPS) is 12.7. The van der Waals surface area contributed by atoms with Gasteiger partial charge in [0.2, 0.25) is 0 Å². The second-order valence-electron chi connectivity index (χ2n) is 9.70. The van der Waals surface area contributed by atoms with Crippen LogP contribution in [0.2, 0.25) is 0 Å². The lowest BCUT2D eigenvalue weighted by molar-refractivity contribution is -0.192. The van der Waals surface area contributed by atoms with Crippen molar-refractivity contribution in [2.45, 2.75) is 58.2 Å². The number of nitrogens with two attached hydrogens (primary N) is 1. The van der Waals surface area contributed by atoms with Crippen LogP contribution >= 0.6 is 0 Å². The molecule has 1 aromatic carbocycles. The maximum Gasteiger partial charge on any atom is 0.490 e. The first-order chi connectivity index (χ1) is 17.2. The molecule has 0 bridgehead atoms. The number of aryl methyl sites for hydroxylation is 2. The summed E-state index contributed by atoms with van der Waals surface area (Å²) in [5.41, 5.74) is 12.9. The van der Waals surface area contributed by atoms with Crippen LogP contribution in [0.25, 0.3) is 22.5 Å². The molecule has 4 N–H and O–H groups in total. The molecule has 4 rings (SSSR count). The molecule has 37 heavy (non-hydrogen) atoms. The van der Waals surface area contributed by atoms with Crippen molar-refractivity contribution < 1.29 is 33.0 Å². The van der Waals surface area contributed by atoms with Gasteiger partial charge in [-0.1, -0.05) is 45.0 Å². The number of carboxylic acid groups (broad SMARTS) is 2. The Morgan fingerprint density at radius 2 is 1.70 bits per heavy atom. The number of aromatic carboxylic acids is 1. The summed E-state index contributed by atoms with van der Waals surface area (Å²) in [7, 11) is 0. The first-order valence-corrected chi connectivity index (χ1v) is 11.7. The average molecular weight is 519 g/mol. The van der Waals surface area contributed by atoms with Gasteiger partial charge in [0.05, 0.1) is 11.4 Å². The van der Waals surface area contributed by atoms with Crippen LogP contribution in [-0.2, 0) is 29.6 Å². The zero-order valence-corrected chi connectivity index (χ0v) is 20.8. The van der Waals surface area contributed by atoms with Crippen LogP contribution in [0.15, 0.2) is 36.5 Å². The number of carbonyl (C=O) groups is 2. The number of alkyl halides is 3. The van der Waals surface area contributed by atoms with Crippen LogP contribution in [0.4, 0.5) is 13.2 Å². The number of halogens is 3. The van der Waals surface area contributed by atoms with E-state index in [4.69, 9.17) is 15.6 Å². The van der Waals surface area contributed by atoms with Gasteiger partial charge < -0.3 is 15.9 Å². The first-order valence-electron chi connectivity index (χ1n) is 11.7. The predicted octanol–water partition coefficient (Wildman–Crippen LogP) is 4.69. The Morgan fingerprint density at radius 3 is 2.22 bits per heavy atom.